The van der Waals surface area contributed by atoms with E-state index in [9.17, 15) is 9.59 Å². The van der Waals surface area contributed by atoms with E-state index in [-0.39, 0.29) is 23.4 Å². The Hall–Kier alpha value is -2.37. The number of aryl methyl sites for hydroxylation is 2. The van der Waals surface area contributed by atoms with Crippen LogP contribution >= 0.6 is 23.2 Å². The highest BCUT2D eigenvalue weighted by Crippen LogP contribution is 2.24. The first-order chi connectivity index (χ1) is 12.9. The monoisotopic (exact) mass is 403 g/mol. The van der Waals surface area contributed by atoms with E-state index in [1.54, 1.807) is 0 Å². The van der Waals surface area contributed by atoms with E-state index in [2.05, 4.69) is 10.3 Å². The number of carbonyl (C=O) groups is 1. The number of hydrogen-bond acceptors (Lipinski definition) is 3. The van der Waals surface area contributed by atoms with Gasteiger partial charge in [0.25, 0.3) is 5.56 Å². The molecule has 0 saturated heterocycles. The number of anilines is 1. The minimum atomic E-state index is -0.362. The molecule has 0 aliphatic heterocycles. The van der Waals surface area contributed by atoms with E-state index in [0.29, 0.717) is 15.6 Å². The van der Waals surface area contributed by atoms with Gasteiger partial charge in [-0.15, -0.1) is 0 Å². The summed E-state index contributed by atoms with van der Waals surface area (Å²) in [4.78, 5) is 29.5. The largest absolute Gasteiger partial charge is 0.324 e. The summed E-state index contributed by atoms with van der Waals surface area (Å²) in [6.07, 6.45) is 2.94. The molecular weight excluding hydrogens is 385 g/mol. The van der Waals surface area contributed by atoms with E-state index < -0.39 is 0 Å². The van der Waals surface area contributed by atoms with Crippen molar-refractivity contribution < 1.29 is 4.79 Å². The first kappa shape index (κ1) is 19.4. The van der Waals surface area contributed by atoms with Crippen molar-refractivity contribution in [3.05, 3.63) is 68.2 Å². The normalized spacial score (nSPS) is 11.0. The van der Waals surface area contributed by atoms with Crippen LogP contribution in [-0.4, -0.2) is 15.5 Å². The number of para-hydroxylation sites is 1. The predicted molar refractivity (Wildman–Crippen MR) is 110 cm³/mol. The minimum absolute atomic E-state index is 0.146. The zero-order chi connectivity index (χ0) is 19.6. The van der Waals surface area contributed by atoms with Gasteiger partial charge in [-0.05, 0) is 36.1 Å². The maximum atomic E-state index is 12.7. The Morgan fingerprint density at radius 2 is 1.81 bits per heavy atom. The van der Waals surface area contributed by atoms with Gasteiger partial charge in [0.15, 0.2) is 0 Å². The molecule has 5 nitrogen and oxygen atoms in total. The summed E-state index contributed by atoms with van der Waals surface area (Å²) >= 11 is 12.1. The molecule has 2 aromatic carbocycles. The number of benzene rings is 2. The van der Waals surface area contributed by atoms with E-state index in [0.717, 1.165) is 29.7 Å². The topological polar surface area (TPSA) is 64.0 Å². The molecule has 1 heterocycles. The average molecular weight is 404 g/mol. The number of carbonyl (C=O) groups excluding carboxylic acids is 1. The number of halogens is 2. The first-order valence-corrected chi connectivity index (χ1v) is 9.45. The molecule has 0 aliphatic rings. The first-order valence-electron chi connectivity index (χ1n) is 8.69. The summed E-state index contributed by atoms with van der Waals surface area (Å²) in [5.74, 6) is -0.290. The molecular formula is C20H19Cl2N3O2. The van der Waals surface area contributed by atoms with Crippen molar-refractivity contribution in [1.29, 1.82) is 0 Å². The van der Waals surface area contributed by atoms with Crippen molar-refractivity contribution in [2.24, 2.45) is 0 Å². The molecule has 140 valence electrons. The molecule has 3 rings (SSSR count). The lowest BCUT2D eigenvalue weighted by Crippen LogP contribution is -2.28. The van der Waals surface area contributed by atoms with Gasteiger partial charge < -0.3 is 5.32 Å². The summed E-state index contributed by atoms with van der Waals surface area (Å²) in [6, 6.07) is 9.00. The number of aromatic nitrogens is 2. The number of amides is 1. The highest BCUT2D eigenvalue weighted by atomic mass is 35.5. The lowest BCUT2D eigenvalue weighted by atomic mass is 10.0. The fraction of sp³-hybridized carbons (Fsp3) is 0.250. The summed E-state index contributed by atoms with van der Waals surface area (Å²) in [5.41, 5.74) is 2.95. The van der Waals surface area contributed by atoms with Crippen molar-refractivity contribution in [1.82, 2.24) is 9.55 Å². The Morgan fingerprint density at radius 3 is 2.44 bits per heavy atom. The van der Waals surface area contributed by atoms with Gasteiger partial charge in [0.2, 0.25) is 5.91 Å². The van der Waals surface area contributed by atoms with E-state index in [1.165, 1.54) is 23.0 Å². The van der Waals surface area contributed by atoms with Gasteiger partial charge in [0.1, 0.15) is 6.54 Å². The molecule has 27 heavy (non-hydrogen) atoms. The number of nitrogens with zero attached hydrogens (tertiary/aromatic N) is 2. The third-order valence-corrected chi connectivity index (χ3v) is 4.93. The van der Waals surface area contributed by atoms with Crippen molar-refractivity contribution in [3.63, 3.8) is 0 Å². The fourth-order valence-corrected chi connectivity index (χ4v) is 3.59. The maximum absolute atomic E-state index is 12.7. The van der Waals surface area contributed by atoms with Crippen molar-refractivity contribution in [2.75, 3.05) is 5.32 Å². The third-order valence-electron chi connectivity index (χ3n) is 4.42. The molecule has 0 aliphatic carbocycles. The van der Waals surface area contributed by atoms with Crippen LogP contribution in [0.15, 0.2) is 41.5 Å². The molecule has 1 N–H and O–H groups in total. The second kappa shape index (κ2) is 8.11. The Balaban J connectivity index is 1.92. The number of rotatable bonds is 5. The zero-order valence-electron chi connectivity index (χ0n) is 15.1. The molecule has 0 unspecified atom stereocenters. The van der Waals surface area contributed by atoms with Gasteiger partial charge in [-0.25, -0.2) is 4.98 Å². The van der Waals surface area contributed by atoms with E-state index in [1.807, 2.05) is 32.0 Å². The predicted octanol–water partition coefficient (Wildman–Crippen LogP) is 4.47. The highest BCUT2D eigenvalue weighted by molar-refractivity contribution is 6.38. The SMILES string of the molecule is CCc1cccc(CC)c1NC(=O)Cn1cnc2c(Cl)cc(Cl)cc2c1=O. The highest BCUT2D eigenvalue weighted by Gasteiger charge is 2.14. The Kier molecular flexibility index (Phi) is 5.82. The molecule has 3 aromatic rings. The third kappa shape index (κ3) is 3.99. The smallest absolute Gasteiger partial charge is 0.261 e. The number of fused-ring (bicyclic) bond motifs is 1. The molecule has 1 aromatic heterocycles. The van der Waals surface area contributed by atoms with Crippen LogP contribution in [0.3, 0.4) is 0 Å². The second-order valence-corrected chi connectivity index (χ2v) is 7.01. The van der Waals surface area contributed by atoms with Gasteiger partial charge in [-0.2, -0.15) is 0 Å². The van der Waals surface area contributed by atoms with Gasteiger partial charge in [-0.3, -0.25) is 14.2 Å². The summed E-state index contributed by atoms with van der Waals surface area (Å²) in [6.45, 7) is 3.93. The van der Waals surface area contributed by atoms with Gasteiger partial charge >= 0.3 is 0 Å². The zero-order valence-corrected chi connectivity index (χ0v) is 16.6. The van der Waals surface area contributed by atoms with Gasteiger partial charge in [0, 0.05) is 10.7 Å². The van der Waals surface area contributed by atoms with Crippen molar-refractivity contribution in [3.8, 4) is 0 Å². The molecule has 0 bridgehead atoms. The molecule has 7 heteroatoms. The van der Waals surface area contributed by atoms with Crippen LogP contribution in [0.5, 0.6) is 0 Å². The Labute approximate surface area is 166 Å². The molecule has 1 amide bonds. The summed E-state index contributed by atoms with van der Waals surface area (Å²) < 4.78 is 1.25. The quantitative estimate of drug-likeness (QED) is 0.683. The lowest BCUT2D eigenvalue weighted by Gasteiger charge is -2.15. The maximum Gasteiger partial charge on any atom is 0.261 e. The van der Waals surface area contributed by atoms with Crippen LogP contribution in [0.25, 0.3) is 10.9 Å². The number of hydrogen-bond donors (Lipinski definition) is 1. The number of nitrogens with one attached hydrogen (secondary N) is 1. The minimum Gasteiger partial charge on any atom is -0.324 e. The van der Waals surface area contributed by atoms with E-state index in [4.69, 9.17) is 23.2 Å². The summed E-state index contributed by atoms with van der Waals surface area (Å²) in [5, 5.41) is 3.88. The van der Waals surface area contributed by atoms with Gasteiger partial charge in [-0.1, -0.05) is 55.2 Å². The molecule has 0 spiro atoms. The Morgan fingerprint density at radius 1 is 1.15 bits per heavy atom. The standard InChI is InChI=1S/C20H19Cl2N3O2/c1-3-12-6-5-7-13(4-2)18(12)24-17(26)10-25-11-23-19-15(20(25)27)8-14(21)9-16(19)22/h5-9,11H,3-4,10H2,1-2H3,(H,24,26). The van der Waals surface area contributed by atoms with Crippen molar-refractivity contribution >= 4 is 45.7 Å². The molecule has 0 saturated carbocycles. The fourth-order valence-electron chi connectivity index (χ4n) is 3.04. The van der Waals surface area contributed by atoms with E-state index >= 15 is 0 Å². The van der Waals surface area contributed by atoms with Crippen LogP contribution in [0.4, 0.5) is 5.69 Å². The Bertz CT molecular complexity index is 1050. The van der Waals surface area contributed by atoms with Gasteiger partial charge in [0.05, 0.1) is 22.3 Å². The molecule has 0 atom stereocenters. The second-order valence-electron chi connectivity index (χ2n) is 6.17. The van der Waals surface area contributed by atoms with Crippen LogP contribution in [-0.2, 0) is 24.2 Å². The molecule has 0 fully saturated rings. The lowest BCUT2D eigenvalue weighted by molar-refractivity contribution is -0.116. The molecule has 0 radical (unpaired) electrons. The van der Waals surface area contributed by atoms with Crippen LogP contribution in [0.1, 0.15) is 25.0 Å². The van der Waals surface area contributed by atoms with Crippen LogP contribution in [0, 0.1) is 0 Å². The van der Waals surface area contributed by atoms with Crippen LogP contribution in [0.2, 0.25) is 10.0 Å². The van der Waals surface area contributed by atoms with Crippen LogP contribution < -0.4 is 10.9 Å². The average Bonchev–Trinajstić information content (AvgIpc) is 2.64. The summed E-state index contributed by atoms with van der Waals surface area (Å²) in [7, 11) is 0. The van der Waals surface area contributed by atoms with Crippen molar-refractivity contribution in [2.45, 2.75) is 33.2 Å².